The summed E-state index contributed by atoms with van der Waals surface area (Å²) in [4.78, 5) is 31.2. The van der Waals surface area contributed by atoms with Gasteiger partial charge in [-0.25, -0.2) is 9.69 Å². The molecular formula is C17H13N3O2. The van der Waals surface area contributed by atoms with Crippen LogP contribution >= 0.6 is 0 Å². The number of nitrogens with zero attached hydrogens (tertiary/aromatic N) is 3. The van der Waals surface area contributed by atoms with Crippen LogP contribution in [0.15, 0.2) is 48.8 Å². The zero-order chi connectivity index (χ0) is 15.5. The molecule has 0 aliphatic carbocycles. The Balaban J connectivity index is 1.84. The molecule has 0 atom stereocenters. The third-order valence-electron chi connectivity index (χ3n) is 3.40. The largest absolute Gasteiger partial charge is 0.332 e. The van der Waals surface area contributed by atoms with Crippen LogP contribution in [0.5, 0.6) is 0 Å². The predicted octanol–water partition coefficient (Wildman–Crippen LogP) is 2.03. The number of carbonyl (C=O) groups excluding carboxylic acids is 2. The van der Waals surface area contributed by atoms with Gasteiger partial charge in [-0.15, -0.1) is 6.42 Å². The lowest BCUT2D eigenvalue weighted by Gasteiger charge is -2.17. The Bertz CT molecular complexity index is 765. The molecule has 5 nitrogen and oxygen atoms in total. The fourth-order valence-corrected chi connectivity index (χ4v) is 2.36. The third-order valence-corrected chi connectivity index (χ3v) is 3.40. The van der Waals surface area contributed by atoms with Gasteiger partial charge in [0.25, 0.3) is 5.91 Å². The Morgan fingerprint density at radius 3 is 2.68 bits per heavy atom. The Hall–Kier alpha value is -3.13. The minimum atomic E-state index is -0.357. The van der Waals surface area contributed by atoms with Gasteiger partial charge in [0.15, 0.2) is 0 Å². The summed E-state index contributed by atoms with van der Waals surface area (Å²) in [6.07, 6.45) is 8.30. The highest BCUT2D eigenvalue weighted by molar-refractivity contribution is 6.19. The SMILES string of the molecule is C#Cc1cncc(N2C(=O)CN(Cc3ccccc3)C2=O)c1. The number of carbonyl (C=O) groups is 2. The number of aromatic nitrogens is 1. The Morgan fingerprint density at radius 2 is 1.95 bits per heavy atom. The van der Waals surface area contributed by atoms with E-state index in [0.29, 0.717) is 17.8 Å². The van der Waals surface area contributed by atoms with E-state index >= 15 is 0 Å². The van der Waals surface area contributed by atoms with Crippen molar-refractivity contribution in [2.75, 3.05) is 11.4 Å². The van der Waals surface area contributed by atoms with E-state index in [2.05, 4.69) is 10.9 Å². The smallest absolute Gasteiger partial charge is 0.310 e. The molecule has 2 aromatic rings. The summed E-state index contributed by atoms with van der Waals surface area (Å²) in [6, 6.07) is 10.8. The van der Waals surface area contributed by atoms with Crippen LogP contribution in [-0.2, 0) is 11.3 Å². The molecule has 1 aromatic heterocycles. The number of amides is 3. The van der Waals surface area contributed by atoms with E-state index in [1.807, 2.05) is 30.3 Å². The molecule has 0 bridgehead atoms. The number of urea groups is 1. The van der Waals surface area contributed by atoms with E-state index in [4.69, 9.17) is 6.42 Å². The number of hydrogen-bond donors (Lipinski definition) is 0. The Labute approximate surface area is 128 Å². The van der Waals surface area contributed by atoms with Gasteiger partial charge in [-0.1, -0.05) is 36.3 Å². The van der Waals surface area contributed by atoms with Gasteiger partial charge in [-0.05, 0) is 11.6 Å². The first-order valence-electron chi connectivity index (χ1n) is 6.76. The number of hydrogen-bond acceptors (Lipinski definition) is 3. The quantitative estimate of drug-likeness (QED) is 0.642. The molecule has 0 radical (unpaired) electrons. The molecule has 1 aromatic carbocycles. The topological polar surface area (TPSA) is 53.5 Å². The number of benzene rings is 1. The average molecular weight is 291 g/mol. The van der Waals surface area contributed by atoms with Crippen LogP contribution < -0.4 is 4.90 Å². The lowest BCUT2D eigenvalue weighted by atomic mass is 10.2. The van der Waals surface area contributed by atoms with Crippen molar-refractivity contribution in [3.63, 3.8) is 0 Å². The minimum Gasteiger partial charge on any atom is -0.310 e. The number of terminal acetylenes is 1. The van der Waals surface area contributed by atoms with E-state index in [0.717, 1.165) is 10.5 Å². The predicted molar refractivity (Wildman–Crippen MR) is 81.9 cm³/mol. The number of pyridine rings is 1. The van der Waals surface area contributed by atoms with Crippen molar-refractivity contribution in [1.29, 1.82) is 0 Å². The van der Waals surface area contributed by atoms with Crippen LogP contribution in [0.25, 0.3) is 0 Å². The van der Waals surface area contributed by atoms with Crippen molar-refractivity contribution in [2.45, 2.75) is 6.54 Å². The molecule has 108 valence electrons. The molecule has 0 saturated carbocycles. The maximum Gasteiger partial charge on any atom is 0.332 e. The molecule has 1 fully saturated rings. The normalized spacial score (nSPS) is 14.3. The first-order chi connectivity index (χ1) is 10.7. The van der Waals surface area contributed by atoms with Crippen molar-refractivity contribution >= 4 is 17.6 Å². The van der Waals surface area contributed by atoms with Crippen molar-refractivity contribution < 1.29 is 9.59 Å². The van der Waals surface area contributed by atoms with Gasteiger partial charge in [-0.2, -0.15) is 0 Å². The fourth-order valence-electron chi connectivity index (χ4n) is 2.36. The van der Waals surface area contributed by atoms with Crippen LogP contribution in [0, 0.1) is 12.3 Å². The second kappa shape index (κ2) is 5.70. The standard InChI is InChI=1S/C17H13N3O2/c1-2-13-8-15(10-18-9-13)20-16(21)12-19(17(20)22)11-14-6-4-3-5-7-14/h1,3-10H,11-12H2. The fraction of sp³-hybridized carbons (Fsp3) is 0.118. The van der Waals surface area contributed by atoms with Gasteiger partial charge >= 0.3 is 6.03 Å². The first kappa shape index (κ1) is 13.8. The molecule has 0 N–H and O–H groups in total. The number of imide groups is 1. The minimum absolute atomic E-state index is 0.0496. The van der Waals surface area contributed by atoms with Crippen LogP contribution in [0.1, 0.15) is 11.1 Å². The summed E-state index contributed by atoms with van der Waals surface area (Å²) in [5.74, 6) is 2.17. The van der Waals surface area contributed by atoms with Gasteiger partial charge < -0.3 is 4.90 Å². The Morgan fingerprint density at radius 1 is 1.18 bits per heavy atom. The lowest BCUT2D eigenvalue weighted by Crippen LogP contribution is -2.32. The lowest BCUT2D eigenvalue weighted by molar-refractivity contribution is -0.116. The molecule has 0 unspecified atom stereocenters. The van der Waals surface area contributed by atoms with Gasteiger partial charge in [0.2, 0.25) is 0 Å². The van der Waals surface area contributed by atoms with Gasteiger partial charge in [0.1, 0.15) is 6.54 Å². The second-order valence-electron chi connectivity index (χ2n) is 4.93. The van der Waals surface area contributed by atoms with Crippen LogP contribution in [0.3, 0.4) is 0 Å². The van der Waals surface area contributed by atoms with E-state index in [-0.39, 0.29) is 18.5 Å². The third kappa shape index (κ3) is 2.54. The number of rotatable bonds is 3. The van der Waals surface area contributed by atoms with Gasteiger partial charge in [-0.3, -0.25) is 9.78 Å². The summed E-state index contributed by atoms with van der Waals surface area (Å²) in [5.41, 5.74) is 1.90. The van der Waals surface area contributed by atoms with E-state index in [1.54, 1.807) is 6.07 Å². The van der Waals surface area contributed by atoms with Gasteiger partial charge in [0.05, 0.1) is 11.9 Å². The summed E-state index contributed by atoms with van der Waals surface area (Å²) in [5, 5.41) is 0. The molecule has 0 spiro atoms. The average Bonchev–Trinajstić information content (AvgIpc) is 2.82. The van der Waals surface area contributed by atoms with Crippen molar-refractivity contribution in [2.24, 2.45) is 0 Å². The maximum atomic E-state index is 12.5. The molecule has 3 amide bonds. The summed E-state index contributed by atoms with van der Waals surface area (Å²) < 4.78 is 0. The number of anilines is 1. The maximum absolute atomic E-state index is 12.5. The molecule has 22 heavy (non-hydrogen) atoms. The molecule has 1 saturated heterocycles. The van der Waals surface area contributed by atoms with E-state index in [9.17, 15) is 9.59 Å². The van der Waals surface area contributed by atoms with Crippen molar-refractivity contribution in [1.82, 2.24) is 9.88 Å². The van der Waals surface area contributed by atoms with Crippen molar-refractivity contribution in [3.8, 4) is 12.3 Å². The van der Waals surface area contributed by atoms with Crippen LogP contribution in [-0.4, -0.2) is 28.4 Å². The highest BCUT2D eigenvalue weighted by atomic mass is 16.2. The molecule has 3 rings (SSSR count). The van der Waals surface area contributed by atoms with Gasteiger partial charge in [0, 0.05) is 18.3 Å². The molecule has 1 aliphatic heterocycles. The van der Waals surface area contributed by atoms with E-state index < -0.39 is 0 Å². The van der Waals surface area contributed by atoms with Crippen molar-refractivity contribution in [3.05, 3.63) is 59.9 Å². The highest BCUT2D eigenvalue weighted by Gasteiger charge is 2.37. The summed E-state index contributed by atoms with van der Waals surface area (Å²) in [7, 11) is 0. The molecule has 1 aliphatic rings. The first-order valence-corrected chi connectivity index (χ1v) is 6.76. The zero-order valence-corrected chi connectivity index (χ0v) is 11.8. The molecule has 2 heterocycles. The molecule has 5 heteroatoms. The van der Waals surface area contributed by atoms with Crippen LogP contribution in [0.2, 0.25) is 0 Å². The second-order valence-corrected chi connectivity index (χ2v) is 4.93. The van der Waals surface area contributed by atoms with E-state index in [1.165, 1.54) is 17.3 Å². The zero-order valence-electron chi connectivity index (χ0n) is 11.8. The highest BCUT2D eigenvalue weighted by Crippen LogP contribution is 2.22. The summed E-state index contributed by atoms with van der Waals surface area (Å²) >= 11 is 0. The van der Waals surface area contributed by atoms with Crippen LogP contribution in [0.4, 0.5) is 10.5 Å². The summed E-state index contributed by atoms with van der Waals surface area (Å²) in [6.45, 7) is 0.443. The monoisotopic (exact) mass is 291 g/mol. The Kier molecular flexibility index (Phi) is 3.58. The molecular weight excluding hydrogens is 278 g/mol.